The molecule has 0 aliphatic rings. The van der Waals surface area contributed by atoms with Gasteiger partial charge in [0.05, 0.1) is 6.54 Å². The van der Waals surface area contributed by atoms with E-state index in [2.05, 4.69) is 32.6 Å². The van der Waals surface area contributed by atoms with Crippen LogP contribution in [0.25, 0.3) is 10.4 Å². The summed E-state index contributed by atoms with van der Waals surface area (Å²) in [7, 11) is 0. The maximum Gasteiger partial charge on any atom is 0.150 e. The van der Waals surface area contributed by atoms with Gasteiger partial charge in [0, 0.05) is 14.0 Å². The van der Waals surface area contributed by atoms with Crippen molar-refractivity contribution in [1.82, 2.24) is 0 Å². The van der Waals surface area contributed by atoms with E-state index in [1.807, 2.05) is 20.8 Å². The predicted molar refractivity (Wildman–Crippen MR) is 71.6 cm³/mol. The summed E-state index contributed by atoms with van der Waals surface area (Å²) in [5.74, 6) is 0. The van der Waals surface area contributed by atoms with Gasteiger partial charge in [0.1, 0.15) is 0 Å². The predicted octanol–water partition coefficient (Wildman–Crippen LogP) is 3.84. The molecule has 0 aliphatic carbocycles. The second-order valence-corrected chi connectivity index (χ2v) is 4.67. The maximum absolute atomic E-state index is 11.0. The average molecular weight is 329 g/mol. The number of aldehydes is 1. The lowest BCUT2D eigenvalue weighted by Crippen LogP contribution is -2.04. The van der Waals surface area contributed by atoms with Crippen LogP contribution >= 0.6 is 22.6 Å². The molecule has 0 atom stereocenters. The van der Waals surface area contributed by atoms with Crippen molar-refractivity contribution in [2.75, 3.05) is 0 Å². The molecular formula is C11H12IN3O. The Morgan fingerprint density at radius 3 is 2.44 bits per heavy atom. The van der Waals surface area contributed by atoms with Gasteiger partial charge in [0.2, 0.25) is 0 Å². The fourth-order valence-electron chi connectivity index (χ4n) is 1.77. The van der Waals surface area contributed by atoms with Gasteiger partial charge in [-0.25, -0.2) is 0 Å². The van der Waals surface area contributed by atoms with Gasteiger partial charge in [-0.05, 0) is 71.1 Å². The molecule has 0 bridgehead atoms. The molecule has 5 heteroatoms. The first kappa shape index (κ1) is 13.0. The van der Waals surface area contributed by atoms with Gasteiger partial charge in [-0.1, -0.05) is 5.11 Å². The minimum Gasteiger partial charge on any atom is -0.298 e. The molecular weight excluding hydrogens is 317 g/mol. The lowest BCUT2D eigenvalue weighted by molar-refractivity contribution is 0.112. The van der Waals surface area contributed by atoms with E-state index in [1.165, 1.54) is 0 Å². The molecule has 0 radical (unpaired) electrons. The van der Waals surface area contributed by atoms with Crippen molar-refractivity contribution in [1.29, 1.82) is 0 Å². The largest absolute Gasteiger partial charge is 0.298 e. The normalized spacial score (nSPS) is 9.75. The quantitative estimate of drug-likeness (QED) is 0.273. The highest BCUT2D eigenvalue weighted by Gasteiger charge is 2.14. The Morgan fingerprint density at radius 2 is 1.94 bits per heavy atom. The molecule has 4 nitrogen and oxygen atoms in total. The molecule has 0 fully saturated rings. The van der Waals surface area contributed by atoms with Crippen LogP contribution in [0.15, 0.2) is 5.11 Å². The highest BCUT2D eigenvalue weighted by atomic mass is 127. The number of azide groups is 1. The highest BCUT2D eigenvalue weighted by molar-refractivity contribution is 14.1. The Balaban J connectivity index is 3.54. The van der Waals surface area contributed by atoms with E-state index < -0.39 is 0 Å². The standard InChI is InChI=1S/C11H12IN3O/c1-6-9(4-14-15-13)7(2)11(12)8(3)10(6)5-16/h5H,4H2,1-3H3. The topological polar surface area (TPSA) is 65.8 Å². The van der Waals surface area contributed by atoms with Gasteiger partial charge in [0.15, 0.2) is 6.29 Å². The van der Waals surface area contributed by atoms with Gasteiger partial charge < -0.3 is 0 Å². The van der Waals surface area contributed by atoms with Crippen molar-refractivity contribution in [3.63, 3.8) is 0 Å². The molecule has 1 aromatic carbocycles. The van der Waals surface area contributed by atoms with E-state index >= 15 is 0 Å². The summed E-state index contributed by atoms with van der Waals surface area (Å²) in [6.45, 7) is 6.11. The summed E-state index contributed by atoms with van der Waals surface area (Å²) in [4.78, 5) is 13.8. The van der Waals surface area contributed by atoms with Gasteiger partial charge in [-0.15, -0.1) is 0 Å². The molecule has 1 rings (SSSR count). The monoisotopic (exact) mass is 329 g/mol. The Kier molecular flexibility index (Phi) is 4.32. The molecule has 0 spiro atoms. The number of hydrogen-bond donors (Lipinski definition) is 0. The molecule has 0 N–H and O–H groups in total. The zero-order valence-electron chi connectivity index (χ0n) is 9.41. The highest BCUT2D eigenvalue weighted by Crippen LogP contribution is 2.27. The van der Waals surface area contributed by atoms with Crippen molar-refractivity contribution >= 4 is 28.9 Å². The average Bonchev–Trinajstić information content (AvgIpc) is 2.27. The van der Waals surface area contributed by atoms with Gasteiger partial charge in [-0.2, -0.15) is 0 Å². The first-order valence-corrected chi connectivity index (χ1v) is 5.86. The fourth-order valence-corrected chi connectivity index (χ4v) is 2.39. The smallest absolute Gasteiger partial charge is 0.150 e. The Morgan fingerprint density at radius 1 is 1.31 bits per heavy atom. The number of halogens is 1. The third kappa shape index (κ3) is 2.20. The van der Waals surface area contributed by atoms with Crippen LogP contribution in [0.2, 0.25) is 0 Å². The SMILES string of the molecule is Cc1c(I)c(C)c(CN=[N+]=[N-])c(C)c1C=O. The zero-order chi connectivity index (χ0) is 12.3. The van der Waals surface area contributed by atoms with Crippen LogP contribution in [0.1, 0.15) is 32.6 Å². The third-order valence-corrected chi connectivity index (χ3v) is 4.40. The maximum atomic E-state index is 11.0. The second-order valence-electron chi connectivity index (χ2n) is 3.59. The van der Waals surface area contributed by atoms with Crippen molar-refractivity contribution in [3.8, 4) is 0 Å². The van der Waals surface area contributed by atoms with Crippen LogP contribution in [-0.4, -0.2) is 6.29 Å². The molecule has 16 heavy (non-hydrogen) atoms. The molecule has 0 saturated carbocycles. The minimum atomic E-state index is 0.297. The summed E-state index contributed by atoms with van der Waals surface area (Å²) in [6, 6.07) is 0. The summed E-state index contributed by atoms with van der Waals surface area (Å²) >= 11 is 2.22. The minimum absolute atomic E-state index is 0.297. The van der Waals surface area contributed by atoms with Crippen LogP contribution in [0.3, 0.4) is 0 Å². The third-order valence-electron chi connectivity index (χ3n) is 2.78. The van der Waals surface area contributed by atoms with Crippen LogP contribution in [0.5, 0.6) is 0 Å². The molecule has 84 valence electrons. The van der Waals surface area contributed by atoms with Crippen LogP contribution in [0.4, 0.5) is 0 Å². The Bertz CT molecular complexity index is 491. The van der Waals surface area contributed by atoms with Gasteiger partial charge >= 0.3 is 0 Å². The molecule has 0 heterocycles. The number of hydrogen-bond acceptors (Lipinski definition) is 2. The molecule has 0 saturated heterocycles. The summed E-state index contributed by atoms with van der Waals surface area (Å²) < 4.78 is 1.06. The van der Waals surface area contributed by atoms with Crippen molar-refractivity contribution in [2.24, 2.45) is 5.11 Å². The van der Waals surface area contributed by atoms with E-state index in [4.69, 9.17) is 5.53 Å². The zero-order valence-corrected chi connectivity index (χ0v) is 11.6. The van der Waals surface area contributed by atoms with E-state index in [1.54, 1.807) is 0 Å². The van der Waals surface area contributed by atoms with Gasteiger partial charge in [0.25, 0.3) is 0 Å². The van der Waals surface area contributed by atoms with Crippen molar-refractivity contribution in [3.05, 3.63) is 41.8 Å². The van der Waals surface area contributed by atoms with Crippen LogP contribution in [0, 0.1) is 24.3 Å². The Labute approximate surface area is 108 Å². The first-order valence-electron chi connectivity index (χ1n) is 4.78. The summed E-state index contributed by atoms with van der Waals surface area (Å²) in [5.41, 5.74) is 13.0. The lowest BCUT2D eigenvalue weighted by atomic mass is 9.94. The van der Waals surface area contributed by atoms with Crippen molar-refractivity contribution in [2.45, 2.75) is 27.3 Å². The molecule has 0 amide bonds. The number of rotatable bonds is 3. The van der Waals surface area contributed by atoms with Crippen LogP contribution in [-0.2, 0) is 6.54 Å². The molecule has 0 aromatic heterocycles. The van der Waals surface area contributed by atoms with Crippen molar-refractivity contribution < 1.29 is 4.79 Å². The van der Waals surface area contributed by atoms with Crippen LogP contribution < -0.4 is 0 Å². The number of benzene rings is 1. The Hall–Kier alpha value is -1.07. The number of carbonyl (C=O) groups excluding carboxylic acids is 1. The lowest BCUT2D eigenvalue weighted by Gasteiger charge is -2.15. The van der Waals surface area contributed by atoms with E-state index in [0.29, 0.717) is 12.1 Å². The summed E-state index contributed by atoms with van der Waals surface area (Å²) in [6.07, 6.45) is 0.867. The van der Waals surface area contributed by atoms with E-state index in [9.17, 15) is 4.79 Å². The second kappa shape index (κ2) is 5.32. The fraction of sp³-hybridized carbons (Fsp3) is 0.364. The van der Waals surface area contributed by atoms with E-state index in [-0.39, 0.29) is 0 Å². The van der Waals surface area contributed by atoms with Gasteiger partial charge in [-0.3, -0.25) is 4.79 Å². The number of nitrogens with zero attached hydrogens (tertiary/aromatic N) is 3. The number of carbonyl (C=O) groups is 1. The summed E-state index contributed by atoms with van der Waals surface area (Å²) in [5, 5.41) is 3.57. The first-order chi connectivity index (χ1) is 7.54. The van der Waals surface area contributed by atoms with E-state index in [0.717, 1.165) is 32.1 Å². The molecule has 0 aliphatic heterocycles. The molecule has 1 aromatic rings. The molecule has 0 unspecified atom stereocenters.